The first-order valence-electron chi connectivity index (χ1n) is 10.6. The number of aliphatic hydroxyl groups excluding tert-OH is 1. The fraction of sp³-hybridized carbons (Fsp3) is 0.333. The number of halogens is 8. The molecule has 1 aliphatic rings. The molecule has 3 atom stereocenters. The number of fused-ring (bicyclic) bond motifs is 1. The van der Waals surface area contributed by atoms with E-state index in [1.54, 1.807) is 0 Å². The van der Waals surface area contributed by atoms with E-state index >= 15 is 0 Å². The number of aromatic nitrogens is 3. The Hall–Kier alpha value is -4.02. The highest BCUT2D eigenvalue weighted by atomic mass is 19.4. The number of rotatable bonds is 4. The second-order valence-corrected chi connectivity index (χ2v) is 8.36. The van der Waals surface area contributed by atoms with Crippen molar-refractivity contribution in [2.75, 3.05) is 18.8 Å². The number of carbonyl (C=O) groups is 2. The van der Waals surface area contributed by atoms with Crippen molar-refractivity contribution in [3.63, 3.8) is 0 Å². The van der Waals surface area contributed by atoms with E-state index in [1.165, 1.54) is 0 Å². The smallest absolute Gasteiger partial charge is 0.382 e. The number of nitrogens with zero attached hydrogens (tertiary/aromatic N) is 4. The van der Waals surface area contributed by atoms with Gasteiger partial charge in [0.05, 0.1) is 23.8 Å². The summed E-state index contributed by atoms with van der Waals surface area (Å²) in [6, 6.07) is 1.60. The standard InChI is InChI=1S/C21H16F8N6O3/c22-10-2-8(14-4-11(20(24,25)26)15-17(30)31-7-32-35(14)15)1-9(3-10)18(37)33-13-6-34(5-12(13)23)19(38)16(36)21(27,28)29/h1-4,7,12-13,16,36H,5-6H2,(H,33,37)(H2,30,31,32)/t12-,13+,16+/m0/s1. The van der Waals surface area contributed by atoms with Crippen LogP contribution in [-0.2, 0) is 11.0 Å². The Labute approximate surface area is 206 Å². The van der Waals surface area contributed by atoms with Gasteiger partial charge < -0.3 is 21.1 Å². The van der Waals surface area contributed by atoms with Crippen LogP contribution in [0.25, 0.3) is 16.8 Å². The molecule has 0 spiro atoms. The summed E-state index contributed by atoms with van der Waals surface area (Å²) >= 11 is 0. The molecule has 1 aliphatic heterocycles. The molecule has 0 bridgehead atoms. The molecule has 2 aromatic heterocycles. The number of aliphatic hydroxyl groups is 1. The Kier molecular flexibility index (Phi) is 6.67. The van der Waals surface area contributed by atoms with E-state index in [0.29, 0.717) is 17.0 Å². The Morgan fingerprint density at radius 2 is 1.79 bits per heavy atom. The van der Waals surface area contributed by atoms with Crippen LogP contribution in [0.1, 0.15) is 15.9 Å². The van der Waals surface area contributed by atoms with E-state index < -0.39 is 83.9 Å². The number of anilines is 1. The number of nitrogens with one attached hydrogen (secondary N) is 1. The van der Waals surface area contributed by atoms with Gasteiger partial charge in [0, 0.05) is 17.7 Å². The summed E-state index contributed by atoms with van der Waals surface area (Å²) in [7, 11) is 0. The highest BCUT2D eigenvalue weighted by Crippen LogP contribution is 2.39. The van der Waals surface area contributed by atoms with Crippen LogP contribution in [0, 0.1) is 5.82 Å². The number of hydrogen-bond acceptors (Lipinski definition) is 6. The highest BCUT2D eigenvalue weighted by molar-refractivity contribution is 5.96. The third kappa shape index (κ3) is 5.05. The number of nitrogens with two attached hydrogens (primary N) is 1. The third-order valence-electron chi connectivity index (χ3n) is 5.76. The van der Waals surface area contributed by atoms with Gasteiger partial charge in [0.2, 0.25) is 6.10 Å². The number of carbonyl (C=O) groups excluding carboxylic acids is 2. The van der Waals surface area contributed by atoms with Crippen LogP contribution in [0.4, 0.5) is 40.9 Å². The molecule has 3 aromatic rings. The van der Waals surface area contributed by atoms with E-state index in [-0.39, 0.29) is 11.3 Å². The molecular weight excluding hydrogens is 536 g/mol. The van der Waals surface area contributed by atoms with E-state index in [4.69, 9.17) is 10.8 Å². The van der Waals surface area contributed by atoms with Gasteiger partial charge >= 0.3 is 12.4 Å². The Bertz CT molecular complexity index is 1410. The highest BCUT2D eigenvalue weighted by Gasteiger charge is 2.48. The topological polar surface area (TPSA) is 126 Å². The number of nitrogen functional groups attached to an aromatic ring is 1. The summed E-state index contributed by atoms with van der Waals surface area (Å²) in [5.41, 5.74) is 2.72. The fourth-order valence-corrected chi connectivity index (χ4v) is 4.00. The first kappa shape index (κ1) is 27.0. The van der Waals surface area contributed by atoms with Gasteiger partial charge in [-0.25, -0.2) is 18.3 Å². The molecule has 0 aliphatic carbocycles. The van der Waals surface area contributed by atoms with Crippen molar-refractivity contribution < 1.29 is 49.8 Å². The molecule has 1 saturated heterocycles. The van der Waals surface area contributed by atoms with Crippen molar-refractivity contribution in [3.8, 4) is 11.3 Å². The lowest BCUT2D eigenvalue weighted by molar-refractivity contribution is -0.210. The van der Waals surface area contributed by atoms with E-state index in [9.17, 15) is 44.7 Å². The lowest BCUT2D eigenvalue weighted by Crippen LogP contribution is -2.47. The third-order valence-corrected chi connectivity index (χ3v) is 5.76. The van der Waals surface area contributed by atoms with Gasteiger partial charge in [0.15, 0.2) is 5.82 Å². The second-order valence-electron chi connectivity index (χ2n) is 8.36. The normalized spacial score (nSPS) is 19.1. The first-order valence-corrected chi connectivity index (χ1v) is 10.6. The van der Waals surface area contributed by atoms with Gasteiger partial charge in [0.1, 0.15) is 23.8 Å². The molecule has 2 amide bonds. The lowest BCUT2D eigenvalue weighted by atomic mass is 10.1. The number of likely N-dealkylation sites (tertiary alicyclic amines) is 1. The average molecular weight is 552 g/mol. The molecule has 4 rings (SSSR count). The van der Waals surface area contributed by atoms with Crippen LogP contribution in [0.5, 0.6) is 0 Å². The molecule has 17 heteroatoms. The summed E-state index contributed by atoms with van der Waals surface area (Å²) in [5, 5.41) is 14.9. The van der Waals surface area contributed by atoms with Crippen molar-refractivity contribution >= 4 is 23.1 Å². The molecule has 3 heterocycles. The second kappa shape index (κ2) is 9.38. The molecule has 9 nitrogen and oxygen atoms in total. The molecule has 0 unspecified atom stereocenters. The monoisotopic (exact) mass is 552 g/mol. The zero-order chi connectivity index (χ0) is 28.2. The van der Waals surface area contributed by atoms with Gasteiger partial charge in [-0.15, -0.1) is 0 Å². The van der Waals surface area contributed by atoms with Crippen molar-refractivity contribution in [1.82, 2.24) is 24.8 Å². The van der Waals surface area contributed by atoms with Crippen LogP contribution < -0.4 is 11.1 Å². The number of hydrogen-bond donors (Lipinski definition) is 3. The van der Waals surface area contributed by atoms with Crippen LogP contribution in [-0.4, -0.2) is 74.0 Å². The van der Waals surface area contributed by atoms with E-state index in [1.807, 2.05) is 0 Å². The number of alkyl halides is 7. The predicted molar refractivity (Wildman–Crippen MR) is 113 cm³/mol. The van der Waals surface area contributed by atoms with Crippen LogP contribution in [0.15, 0.2) is 30.6 Å². The Balaban J connectivity index is 1.62. The minimum absolute atomic E-state index is 0.243. The van der Waals surface area contributed by atoms with Crippen molar-refractivity contribution in [2.24, 2.45) is 0 Å². The van der Waals surface area contributed by atoms with Crippen LogP contribution >= 0.6 is 0 Å². The van der Waals surface area contributed by atoms with Crippen molar-refractivity contribution in [2.45, 2.75) is 30.7 Å². The lowest BCUT2D eigenvalue weighted by Gasteiger charge is -2.21. The molecule has 4 N–H and O–H groups in total. The Morgan fingerprint density at radius 1 is 1.11 bits per heavy atom. The quantitative estimate of drug-likeness (QED) is 0.427. The average Bonchev–Trinajstić information content (AvgIpc) is 3.39. The maximum atomic E-state index is 14.4. The summed E-state index contributed by atoms with van der Waals surface area (Å²) in [4.78, 5) is 28.4. The molecule has 204 valence electrons. The molecule has 1 aromatic carbocycles. The number of amides is 2. The molecule has 1 fully saturated rings. The summed E-state index contributed by atoms with van der Waals surface area (Å²) < 4.78 is 108. The first-order chi connectivity index (χ1) is 17.6. The SMILES string of the molecule is Nc1ncnn2c(-c3cc(F)cc(C(=O)N[C@@H]4CN(C(=O)[C@@H](O)C(F)(F)F)C[C@@H]4F)c3)cc(C(F)(F)F)c12. The number of benzene rings is 1. The maximum absolute atomic E-state index is 14.4. The summed E-state index contributed by atoms with van der Waals surface area (Å²) in [5.74, 6) is -4.52. The predicted octanol–water partition coefficient (Wildman–Crippen LogP) is 2.34. The molecule has 0 saturated carbocycles. The Morgan fingerprint density at radius 3 is 2.42 bits per heavy atom. The minimum Gasteiger partial charge on any atom is -0.382 e. The van der Waals surface area contributed by atoms with E-state index in [2.05, 4.69) is 15.4 Å². The molecule has 38 heavy (non-hydrogen) atoms. The van der Waals surface area contributed by atoms with Crippen LogP contribution in [0.3, 0.4) is 0 Å². The van der Waals surface area contributed by atoms with Gasteiger partial charge in [-0.1, -0.05) is 0 Å². The zero-order valence-corrected chi connectivity index (χ0v) is 18.7. The minimum atomic E-state index is -5.28. The van der Waals surface area contributed by atoms with Gasteiger partial charge in [0.25, 0.3) is 11.8 Å². The fourth-order valence-electron chi connectivity index (χ4n) is 4.00. The maximum Gasteiger partial charge on any atom is 0.423 e. The van der Waals surface area contributed by atoms with Crippen molar-refractivity contribution in [1.29, 1.82) is 0 Å². The zero-order valence-electron chi connectivity index (χ0n) is 18.7. The van der Waals surface area contributed by atoms with Crippen molar-refractivity contribution in [3.05, 3.63) is 47.5 Å². The molecule has 0 radical (unpaired) electrons. The van der Waals surface area contributed by atoms with E-state index in [0.717, 1.165) is 23.0 Å². The molecular formula is C21H16F8N6O3. The largest absolute Gasteiger partial charge is 0.423 e. The van der Waals surface area contributed by atoms with Gasteiger partial charge in [-0.3, -0.25) is 9.59 Å². The van der Waals surface area contributed by atoms with Crippen LogP contribution in [0.2, 0.25) is 0 Å². The summed E-state index contributed by atoms with van der Waals surface area (Å²) in [6.07, 6.45) is -14.7. The summed E-state index contributed by atoms with van der Waals surface area (Å²) in [6.45, 7) is -1.58. The van der Waals surface area contributed by atoms with Gasteiger partial charge in [-0.2, -0.15) is 31.4 Å². The van der Waals surface area contributed by atoms with Gasteiger partial charge in [-0.05, 0) is 24.3 Å².